The minimum absolute atomic E-state index is 0.00000754. The van der Waals surface area contributed by atoms with Gasteiger partial charge in [-0.3, -0.25) is 14.4 Å². The van der Waals surface area contributed by atoms with Crippen LogP contribution in [0.5, 0.6) is 11.5 Å². The number of amides is 1. The van der Waals surface area contributed by atoms with Crippen molar-refractivity contribution in [3.63, 3.8) is 0 Å². The number of benzene rings is 3. The third-order valence-corrected chi connectivity index (χ3v) is 8.14. The van der Waals surface area contributed by atoms with Crippen molar-refractivity contribution >= 4 is 50.0 Å². The lowest BCUT2D eigenvalue weighted by atomic mass is 10.2. The number of anilines is 4. The van der Waals surface area contributed by atoms with E-state index >= 15 is 0 Å². The molecule has 1 aromatic heterocycles. The number of fused-ring (bicyclic) bond motifs is 1. The van der Waals surface area contributed by atoms with E-state index in [0.717, 1.165) is 26.2 Å². The Morgan fingerprint density at radius 1 is 0.833 bits per heavy atom. The SMILES string of the molecule is COc1cc(Nc2nc3ccccc3nc2NS(=O)(=O)c2cccc(NC(=O)CN3CCN(C)CC3)c2)cc(OC)c1. The normalized spacial score (nSPS) is 14.4. The van der Waals surface area contributed by atoms with Crippen LogP contribution in [0.15, 0.2) is 71.6 Å². The van der Waals surface area contributed by atoms with Crippen molar-refractivity contribution in [2.24, 2.45) is 0 Å². The fourth-order valence-corrected chi connectivity index (χ4v) is 5.57. The van der Waals surface area contributed by atoms with Crippen LogP contribution in [0, 0.1) is 0 Å². The molecular formula is C29H33N7O5S. The fraction of sp³-hybridized carbons (Fsp3) is 0.276. The van der Waals surface area contributed by atoms with Crippen molar-refractivity contribution in [3.8, 4) is 11.5 Å². The summed E-state index contributed by atoms with van der Waals surface area (Å²) in [4.78, 5) is 26.1. The molecule has 0 aliphatic carbocycles. The Balaban J connectivity index is 1.39. The van der Waals surface area contributed by atoms with Gasteiger partial charge in [0.15, 0.2) is 11.6 Å². The van der Waals surface area contributed by atoms with Crippen molar-refractivity contribution in [2.75, 3.05) is 69.3 Å². The summed E-state index contributed by atoms with van der Waals surface area (Å²) in [6.45, 7) is 3.63. The summed E-state index contributed by atoms with van der Waals surface area (Å²) in [7, 11) is 1.01. The lowest BCUT2D eigenvalue weighted by Gasteiger charge is -2.31. The average Bonchev–Trinajstić information content (AvgIpc) is 2.98. The topological polar surface area (TPSA) is 138 Å². The van der Waals surface area contributed by atoms with Crippen LogP contribution in [-0.2, 0) is 14.8 Å². The highest BCUT2D eigenvalue weighted by molar-refractivity contribution is 7.92. The van der Waals surface area contributed by atoms with Gasteiger partial charge in [0.05, 0.1) is 36.7 Å². The second-order valence-electron chi connectivity index (χ2n) is 9.90. The summed E-state index contributed by atoms with van der Waals surface area (Å²) >= 11 is 0. The molecule has 0 bridgehead atoms. The van der Waals surface area contributed by atoms with Gasteiger partial charge in [0, 0.05) is 55.8 Å². The van der Waals surface area contributed by atoms with E-state index in [1.54, 1.807) is 48.5 Å². The standard InChI is InChI=1S/C29H33N7O5S/c1-35-11-13-36(14-12-35)19-27(37)30-20-7-6-8-24(17-20)42(38,39)34-29-28(32-25-9-4-5-10-26(25)33-29)31-21-15-22(40-2)18-23(16-21)41-3/h4-10,15-18H,11-14,19H2,1-3H3,(H,30,37)(H,31,32)(H,33,34). The summed E-state index contributed by atoms with van der Waals surface area (Å²) in [5, 5.41) is 5.96. The number of ether oxygens (including phenoxy) is 2. The van der Waals surface area contributed by atoms with Crippen LogP contribution in [0.4, 0.5) is 23.0 Å². The number of piperazine rings is 1. The summed E-state index contributed by atoms with van der Waals surface area (Å²) in [6.07, 6.45) is 0. The lowest BCUT2D eigenvalue weighted by molar-refractivity contribution is -0.117. The maximum absolute atomic E-state index is 13.6. The summed E-state index contributed by atoms with van der Waals surface area (Å²) in [6, 6.07) is 18.4. The number of aromatic nitrogens is 2. The van der Waals surface area contributed by atoms with E-state index in [4.69, 9.17) is 9.47 Å². The highest BCUT2D eigenvalue weighted by Gasteiger charge is 2.21. The number of nitrogens with zero attached hydrogens (tertiary/aromatic N) is 4. The Bertz CT molecular complexity index is 1670. The first kappa shape index (κ1) is 29.0. The van der Waals surface area contributed by atoms with Gasteiger partial charge < -0.3 is 25.0 Å². The zero-order valence-electron chi connectivity index (χ0n) is 23.6. The Kier molecular flexibility index (Phi) is 8.71. The Morgan fingerprint density at radius 2 is 1.48 bits per heavy atom. The second-order valence-corrected chi connectivity index (χ2v) is 11.6. The highest BCUT2D eigenvalue weighted by atomic mass is 32.2. The zero-order valence-corrected chi connectivity index (χ0v) is 24.4. The van der Waals surface area contributed by atoms with Crippen LogP contribution in [0.3, 0.4) is 0 Å². The van der Waals surface area contributed by atoms with Gasteiger partial charge in [0.25, 0.3) is 10.0 Å². The highest BCUT2D eigenvalue weighted by Crippen LogP contribution is 2.31. The van der Waals surface area contributed by atoms with E-state index in [2.05, 4.69) is 42.2 Å². The number of carbonyl (C=O) groups is 1. The van der Waals surface area contributed by atoms with Crippen LogP contribution in [0.2, 0.25) is 0 Å². The molecule has 1 saturated heterocycles. The molecule has 42 heavy (non-hydrogen) atoms. The molecule has 1 fully saturated rings. The third-order valence-electron chi connectivity index (χ3n) is 6.81. The number of carbonyl (C=O) groups excluding carboxylic acids is 1. The molecule has 13 heteroatoms. The van der Waals surface area contributed by atoms with E-state index < -0.39 is 10.0 Å². The predicted molar refractivity (Wildman–Crippen MR) is 162 cm³/mol. The number of methoxy groups -OCH3 is 2. The molecule has 0 saturated carbocycles. The molecular weight excluding hydrogens is 558 g/mol. The van der Waals surface area contributed by atoms with Crippen LogP contribution in [0.25, 0.3) is 11.0 Å². The molecule has 5 rings (SSSR count). The smallest absolute Gasteiger partial charge is 0.263 e. The second kappa shape index (κ2) is 12.6. The van der Waals surface area contributed by atoms with E-state index in [0.29, 0.717) is 33.9 Å². The molecule has 12 nitrogen and oxygen atoms in total. The molecule has 0 unspecified atom stereocenters. The monoisotopic (exact) mass is 591 g/mol. The molecule has 2 heterocycles. The molecule has 1 amide bonds. The Morgan fingerprint density at radius 3 is 2.12 bits per heavy atom. The van der Waals surface area contributed by atoms with E-state index in [1.807, 2.05) is 6.07 Å². The molecule has 1 aliphatic rings. The molecule has 3 aromatic carbocycles. The third kappa shape index (κ3) is 7.05. The number of para-hydroxylation sites is 2. The van der Waals surface area contributed by atoms with Gasteiger partial charge in [-0.25, -0.2) is 18.4 Å². The molecule has 0 atom stereocenters. The van der Waals surface area contributed by atoms with E-state index in [1.165, 1.54) is 26.4 Å². The van der Waals surface area contributed by atoms with Crippen molar-refractivity contribution in [3.05, 3.63) is 66.7 Å². The van der Waals surface area contributed by atoms with Gasteiger partial charge in [0.2, 0.25) is 5.91 Å². The summed E-state index contributed by atoms with van der Waals surface area (Å²) < 4.78 is 40.4. The van der Waals surface area contributed by atoms with Crippen molar-refractivity contribution in [1.29, 1.82) is 0 Å². The minimum atomic E-state index is -4.12. The van der Waals surface area contributed by atoms with Crippen LogP contribution in [-0.4, -0.2) is 88.1 Å². The fourth-order valence-electron chi connectivity index (χ4n) is 4.51. The molecule has 4 aromatic rings. The lowest BCUT2D eigenvalue weighted by Crippen LogP contribution is -2.47. The first-order valence-corrected chi connectivity index (χ1v) is 14.8. The van der Waals surface area contributed by atoms with Crippen molar-refractivity contribution in [2.45, 2.75) is 4.90 Å². The van der Waals surface area contributed by atoms with E-state index in [9.17, 15) is 13.2 Å². The largest absolute Gasteiger partial charge is 0.497 e. The number of sulfonamides is 1. The van der Waals surface area contributed by atoms with Gasteiger partial charge in [-0.15, -0.1) is 0 Å². The minimum Gasteiger partial charge on any atom is -0.497 e. The molecule has 1 aliphatic heterocycles. The Hall–Kier alpha value is -4.46. The number of hydrogen-bond donors (Lipinski definition) is 3. The van der Waals surface area contributed by atoms with E-state index in [-0.39, 0.29) is 29.0 Å². The average molecular weight is 592 g/mol. The molecule has 0 spiro atoms. The van der Waals surface area contributed by atoms with Crippen LogP contribution < -0.4 is 24.8 Å². The number of likely N-dealkylation sites (N-methyl/N-ethyl adjacent to an activating group) is 1. The molecule has 3 N–H and O–H groups in total. The van der Waals surface area contributed by atoms with Gasteiger partial charge in [0.1, 0.15) is 11.5 Å². The van der Waals surface area contributed by atoms with Gasteiger partial charge >= 0.3 is 0 Å². The summed E-state index contributed by atoms with van der Waals surface area (Å²) in [5.41, 5.74) is 2.02. The maximum atomic E-state index is 13.6. The van der Waals surface area contributed by atoms with Crippen LogP contribution in [0.1, 0.15) is 0 Å². The number of rotatable bonds is 10. The first-order valence-electron chi connectivity index (χ1n) is 13.3. The number of nitrogens with one attached hydrogen (secondary N) is 3. The zero-order chi connectivity index (χ0) is 29.7. The van der Waals surface area contributed by atoms with Gasteiger partial charge in [-0.2, -0.15) is 0 Å². The first-order chi connectivity index (χ1) is 20.2. The Labute approximate surface area is 244 Å². The van der Waals surface area contributed by atoms with Crippen molar-refractivity contribution in [1.82, 2.24) is 19.8 Å². The number of hydrogen-bond acceptors (Lipinski definition) is 10. The summed E-state index contributed by atoms with van der Waals surface area (Å²) in [5.74, 6) is 1.06. The van der Waals surface area contributed by atoms with Gasteiger partial charge in [-0.1, -0.05) is 18.2 Å². The quantitative estimate of drug-likeness (QED) is 0.252. The van der Waals surface area contributed by atoms with Gasteiger partial charge in [-0.05, 0) is 37.4 Å². The maximum Gasteiger partial charge on any atom is 0.263 e. The van der Waals surface area contributed by atoms with Crippen molar-refractivity contribution < 1.29 is 22.7 Å². The van der Waals surface area contributed by atoms with Crippen LogP contribution >= 0.6 is 0 Å². The predicted octanol–water partition coefficient (Wildman–Crippen LogP) is 3.38. The molecule has 220 valence electrons. The molecule has 0 radical (unpaired) electrons.